The van der Waals surface area contributed by atoms with Crippen molar-refractivity contribution in [3.63, 3.8) is 0 Å². The average Bonchev–Trinajstić information content (AvgIpc) is 2.86. The molecule has 19 heavy (non-hydrogen) atoms. The zero-order chi connectivity index (χ0) is 13.8. The summed E-state index contributed by atoms with van der Waals surface area (Å²) in [4.78, 5) is 20.3. The topological polar surface area (TPSA) is 73.3 Å². The van der Waals surface area contributed by atoms with E-state index in [0.29, 0.717) is 10.6 Å². The molecule has 0 bridgehead atoms. The maximum absolute atomic E-state index is 12.0. The van der Waals surface area contributed by atoms with Crippen molar-refractivity contribution in [1.82, 2.24) is 9.97 Å². The Morgan fingerprint density at radius 1 is 1.37 bits per heavy atom. The summed E-state index contributed by atoms with van der Waals surface area (Å²) in [6.07, 6.45) is 0. The first-order chi connectivity index (χ1) is 9.13. The molecule has 0 unspecified atom stereocenters. The van der Waals surface area contributed by atoms with E-state index >= 15 is 0 Å². The quantitative estimate of drug-likeness (QED) is 0.878. The number of nitrogens with zero attached hydrogens (tertiary/aromatic N) is 2. The SMILES string of the molecule is COc1cc(Cl)nc(NC(=O)c2sccc2OC)n1. The number of carbonyl (C=O) groups excluding carboxylic acids is 1. The minimum Gasteiger partial charge on any atom is -0.495 e. The van der Waals surface area contributed by atoms with Crippen molar-refractivity contribution in [1.29, 1.82) is 0 Å². The molecule has 2 rings (SSSR count). The lowest BCUT2D eigenvalue weighted by molar-refractivity contribution is 0.102. The molecule has 2 heterocycles. The number of halogens is 1. The highest BCUT2D eigenvalue weighted by Gasteiger charge is 2.15. The third kappa shape index (κ3) is 3.12. The van der Waals surface area contributed by atoms with E-state index in [2.05, 4.69) is 15.3 Å². The number of rotatable bonds is 4. The predicted octanol–water partition coefficient (Wildman–Crippen LogP) is 2.46. The van der Waals surface area contributed by atoms with Gasteiger partial charge in [0.2, 0.25) is 11.8 Å². The van der Waals surface area contributed by atoms with Crippen LogP contribution in [0.3, 0.4) is 0 Å². The van der Waals surface area contributed by atoms with Gasteiger partial charge >= 0.3 is 0 Å². The lowest BCUT2D eigenvalue weighted by atomic mass is 10.4. The van der Waals surface area contributed by atoms with Gasteiger partial charge in [-0.25, -0.2) is 4.98 Å². The molecule has 0 aromatic carbocycles. The van der Waals surface area contributed by atoms with E-state index in [9.17, 15) is 4.79 Å². The molecule has 100 valence electrons. The molecule has 2 aromatic heterocycles. The average molecular weight is 300 g/mol. The fraction of sp³-hybridized carbons (Fsp3) is 0.182. The second-order valence-electron chi connectivity index (χ2n) is 3.33. The Hall–Kier alpha value is -1.86. The van der Waals surface area contributed by atoms with Crippen molar-refractivity contribution in [2.75, 3.05) is 19.5 Å². The van der Waals surface area contributed by atoms with Crippen LogP contribution in [0, 0.1) is 0 Å². The molecule has 0 aliphatic rings. The van der Waals surface area contributed by atoms with E-state index in [-0.39, 0.29) is 22.9 Å². The maximum atomic E-state index is 12.0. The van der Waals surface area contributed by atoms with Crippen LogP contribution in [0.5, 0.6) is 11.6 Å². The lowest BCUT2D eigenvalue weighted by Crippen LogP contribution is -2.14. The minimum atomic E-state index is -0.365. The number of nitrogens with one attached hydrogen (secondary N) is 1. The third-order valence-corrected chi connectivity index (χ3v) is 3.25. The molecule has 0 spiro atoms. The van der Waals surface area contributed by atoms with E-state index in [4.69, 9.17) is 21.1 Å². The molecule has 0 aliphatic carbocycles. The van der Waals surface area contributed by atoms with Crippen LogP contribution in [-0.2, 0) is 0 Å². The number of hydrogen-bond acceptors (Lipinski definition) is 6. The van der Waals surface area contributed by atoms with E-state index in [1.165, 1.54) is 31.6 Å². The van der Waals surface area contributed by atoms with Crippen LogP contribution in [0.15, 0.2) is 17.5 Å². The lowest BCUT2D eigenvalue weighted by Gasteiger charge is -2.06. The molecule has 2 aromatic rings. The third-order valence-electron chi connectivity index (χ3n) is 2.16. The van der Waals surface area contributed by atoms with Crippen LogP contribution in [-0.4, -0.2) is 30.1 Å². The summed E-state index contributed by atoms with van der Waals surface area (Å²) in [7, 11) is 2.95. The van der Waals surface area contributed by atoms with Crippen LogP contribution in [0.25, 0.3) is 0 Å². The molecule has 0 atom stereocenters. The number of carbonyl (C=O) groups is 1. The van der Waals surface area contributed by atoms with Gasteiger partial charge in [0.05, 0.1) is 14.2 Å². The number of amides is 1. The highest BCUT2D eigenvalue weighted by atomic mass is 35.5. The Morgan fingerprint density at radius 3 is 2.84 bits per heavy atom. The van der Waals surface area contributed by atoms with Crippen molar-refractivity contribution < 1.29 is 14.3 Å². The Labute approximate surface area is 118 Å². The van der Waals surface area contributed by atoms with Gasteiger partial charge in [-0.05, 0) is 11.4 Å². The number of hydrogen-bond donors (Lipinski definition) is 1. The van der Waals surface area contributed by atoms with Crippen molar-refractivity contribution >= 4 is 34.8 Å². The van der Waals surface area contributed by atoms with Gasteiger partial charge in [0.25, 0.3) is 5.91 Å². The molecule has 1 N–H and O–H groups in total. The molecule has 0 aliphatic heterocycles. The van der Waals surface area contributed by atoms with Crippen LogP contribution >= 0.6 is 22.9 Å². The van der Waals surface area contributed by atoms with Gasteiger partial charge in [0.15, 0.2) is 0 Å². The van der Waals surface area contributed by atoms with Crippen molar-refractivity contribution in [3.05, 3.63) is 27.5 Å². The number of thiophene rings is 1. The molecule has 6 nitrogen and oxygen atoms in total. The number of methoxy groups -OCH3 is 2. The number of ether oxygens (including phenoxy) is 2. The summed E-state index contributed by atoms with van der Waals surface area (Å²) >= 11 is 7.05. The van der Waals surface area contributed by atoms with Gasteiger partial charge < -0.3 is 9.47 Å². The summed E-state index contributed by atoms with van der Waals surface area (Å²) in [6.45, 7) is 0. The summed E-state index contributed by atoms with van der Waals surface area (Å²) < 4.78 is 10.0. The fourth-order valence-electron chi connectivity index (χ4n) is 1.34. The second kappa shape index (κ2) is 5.85. The molecule has 8 heteroatoms. The van der Waals surface area contributed by atoms with Crippen LogP contribution in [0.1, 0.15) is 9.67 Å². The normalized spacial score (nSPS) is 10.1. The van der Waals surface area contributed by atoms with Crippen molar-refractivity contribution in [2.24, 2.45) is 0 Å². The zero-order valence-corrected chi connectivity index (χ0v) is 11.7. The number of aromatic nitrogens is 2. The Morgan fingerprint density at radius 2 is 2.16 bits per heavy atom. The monoisotopic (exact) mass is 299 g/mol. The Kier molecular flexibility index (Phi) is 4.18. The second-order valence-corrected chi connectivity index (χ2v) is 4.63. The first-order valence-electron chi connectivity index (χ1n) is 5.15. The van der Waals surface area contributed by atoms with Crippen molar-refractivity contribution in [2.45, 2.75) is 0 Å². The summed E-state index contributed by atoms with van der Waals surface area (Å²) in [6, 6.07) is 3.15. The molecule has 0 saturated heterocycles. The van der Waals surface area contributed by atoms with E-state index in [1.54, 1.807) is 11.4 Å². The first kappa shape index (κ1) is 13.6. The van der Waals surface area contributed by atoms with E-state index < -0.39 is 0 Å². The largest absolute Gasteiger partial charge is 0.495 e. The molecule has 0 radical (unpaired) electrons. The van der Waals surface area contributed by atoms with E-state index in [0.717, 1.165) is 0 Å². The van der Waals surface area contributed by atoms with Crippen LogP contribution in [0.2, 0.25) is 5.15 Å². The van der Waals surface area contributed by atoms with Gasteiger partial charge in [-0.2, -0.15) is 4.98 Å². The standard InChI is InChI=1S/C11H10ClN3O3S/c1-17-6-3-4-19-9(6)10(16)15-11-13-7(12)5-8(14-11)18-2/h3-5H,1-2H3,(H,13,14,15,16). The highest BCUT2D eigenvalue weighted by molar-refractivity contribution is 7.12. The predicted molar refractivity (Wildman–Crippen MR) is 72.4 cm³/mol. The van der Waals surface area contributed by atoms with Crippen LogP contribution < -0.4 is 14.8 Å². The first-order valence-corrected chi connectivity index (χ1v) is 6.41. The smallest absolute Gasteiger partial charge is 0.271 e. The van der Waals surface area contributed by atoms with Crippen molar-refractivity contribution in [3.8, 4) is 11.6 Å². The van der Waals surface area contributed by atoms with Gasteiger partial charge in [0, 0.05) is 6.07 Å². The molecule has 0 saturated carbocycles. The summed E-state index contributed by atoms with van der Waals surface area (Å²) in [5, 5.41) is 4.48. The van der Waals surface area contributed by atoms with Gasteiger partial charge in [-0.1, -0.05) is 11.6 Å². The van der Waals surface area contributed by atoms with E-state index in [1.807, 2.05) is 0 Å². The molecule has 1 amide bonds. The summed E-state index contributed by atoms with van der Waals surface area (Å²) in [5.74, 6) is 0.478. The summed E-state index contributed by atoms with van der Waals surface area (Å²) in [5.41, 5.74) is 0. The fourth-order valence-corrected chi connectivity index (χ4v) is 2.27. The van der Waals surface area contributed by atoms with Gasteiger partial charge in [-0.15, -0.1) is 11.3 Å². The Bertz CT molecular complexity index is 603. The van der Waals surface area contributed by atoms with Gasteiger partial charge in [-0.3, -0.25) is 10.1 Å². The van der Waals surface area contributed by atoms with Gasteiger partial charge in [0.1, 0.15) is 15.8 Å². The maximum Gasteiger partial charge on any atom is 0.271 e. The minimum absolute atomic E-state index is 0.0739. The highest BCUT2D eigenvalue weighted by Crippen LogP contribution is 2.25. The zero-order valence-electron chi connectivity index (χ0n) is 10.1. The Balaban J connectivity index is 2.21. The molecular weight excluding hydrogens is 290 g/mol. The molecule has 0 fully saturated rings. The number of anilines is 1. The van der Waals surface area contributed by atoms with Crippen LogP contribution in [0.4, 0.5) is 5.95 Å². The molecular formula is C11H10ClN3O3S.